The molecule has 1 aliphatic rings. The smallest absolute Gasteiger partial charge is 0.324 e. The van der Waals surface area contributed by atoms with Crippen LogP contribution in [0.15, 0.2) is 12.1 Å². The molecule has 0 bridgehead atoms. The van der Waals surface area contributed by atoms with Gasteiger partial charge in [0, 0.05) is 6.54 Å². The number of benzene rings is 1. The second kappa shape index (κ2) is 6.33. The van der Waals surface area contributed by atoms with Crippen LogP contribution in [0.25, 0.3) is 0 Å². The van der Waals surface area contributed by atoms with Gasteiger partial charge in [-0.3, -0.25) is 9.52 Å². The summed E-state index contributed by atoms with van der Waals surface area (Å²) >= 11 is 5.98. The van der Waals surface area contributed by atoms with Gasteiger partial charge in [0.15, 0.2) is 0 Å². The molecule has 2 rings (SSSR count). The number of rotatable bonds is 4. The maximum Gasteiger partial charge on any atom is 0.324 e. The van der Waals surface area contributed by atoms with Crippen LogP contribution < -0.4 is 4.72 Å². The Labute approximate surface area is 138 Å². The molecule has 1 aromatic rings. The van der Waals surface area contributed by atoms with Crippen molar-refractivity contribution in [3.05, 3.63) is 28.3 Å². The van der Waals surface area contributed by atoms with E-state index in [-0.39, 0.29) is 29.2 Å². The second-order valence-corrected chi connectivity index (χ2v) is 7.07. The Bertz CT molecular complexity index is 790. The molecule has 8 nitrogen and oxygen atoms in total. The molecule has 124 valence electrons. The van der Waals surface area contributed by atoms with Gasteiger partial charge in [-0.2, -0.15) is 18.0 Å². The second-order valence-electron chi connectivity index (χ2n) is 5.07. The fraction of sp³-hybridized carbons (Fsp3) is 0.385. The molecule has 3 N–H and O–H groups in total. The third-order valence-electron chi connectivity index (χ3n) is 3.63. The maximum atomic E-state index is 12.4. The van der Waals surface area contributed by atoms with E-state index in [1.165, 1.54) is 19.1 Å². The Balaban J connectivity index is 2.34. The largest absolute Gasteiger partial charge is 0.480 e. The van der Waals surface area contributed by atoms with Crippen LogP contribution in [-0.4, -0.2) is 47.6 Å². The molecule has 10 heteroatoms. The number of carbonyl (C=O) groups is 1. The van der Waals surface area contributed by atoms with Crippen molar-refractivity contribution in [2.45, 2.75) is 25.5 Å². The highest BCUT2D eigenvalue weighted by atomic mass is 35.5. The van der Waals surface area contributed by atoms with E-state index in [4.69, 9.17) is 22.0 Å². The summed E-state index contributed by atoms with van der Waals surface area (Å²) in [4.78, 5) is 11.2. The van der Waals surface area contributed by atoms with Gasteiger partial charge in [0.2, 0.25) is 0 Å². The first-order valence-corrected chi connectivity index (χ1v) is 8.40. The Hall–Kier alpha value is -1.86. The van der Waals surface area contributed by atoms with Crippen LogP contribution in [0, 0.1) is 18.3 Å². The molecule has 1 aliphatic heterocycles. The molecule has 0 unspecified atom stereocenters. The van der Waals surface area contributed by atoms with Crippen molar-refractivity contribution in [3.63, 3.8) is 0 Å². The summed E-state index contributed by atoms with van der Waals surface area (Å²) in [6.07, 6.45) is -1.24. The van der Waals surface area contributed by atoms with Crippen LogP contribution >= 0.6 is 11.6 Å². The van der Waals surface area contributed by atoms with Crippen LogP contribution in [0.1, 0.15) is 17.5 Å². The van der Waals surface area contributed by atoms with Gasteiger partial charge in [-0.05, 0) is 31.0 Å². The highest BCUT2D eigenvalue weighted by Gasteiger charge is 2.45. The van der Waals surface area contributed by atoms with Crippen molar-refractivity contribution in [1.29, 1.82) is 5.26 Å². The molecule has 0 aliphatic carbocycles. The number of aliphatic carboxylic acids is 1. The highest BCUT2D eigenvalue weighted by molar-refractivity contribution is 7.90. The summed E-state index contributed by atoms with van der Waals surface area (Å²) < 4.78 is 27.8. The maximum absolute atomic E-state index is 12.4. The third kappa shape index (κ3) is 3.25. The number of nitrogens with one attached hydrogen (secondary N) is 1. The Morgan fingerprint density at radius 3 is 2.74 bits per heavy atom. The van der Waals surface area contributed by atoms with Gasteiger partial charge in [-0.25, -0.2) is 0 Å². The van der Waals surface area contributed by atoms with Gasteiger partial charge in [-0.15, -0.1) is 0 Å². The van der Waals surface area contributed by atoms with E-state index in [9.17, 15) is 18.3 Å². The molecule has 0 amide bonds. The van der Waals surface area contributed by atoms with E-state index >= 15 is 0 Å². The lowest BCUT2D eigenvalue weighted by Gasteiger charge is -2.23. The van der Waals surface area contributed by atoms with E-state index in [0.29, 0.717) is 9.87 Å². The predicted molar refractivity (Wildman–Crippen MR) is 82.2 cm³/mol. The Kier molecular flexibility index (Phi) is 4.81. The van der Waals surface area contributed by atoms with Crippen molar-refractivity contribution < 1.29 is 23.4 Å². The summed E-state index contributed by atoms with van der Waals surface area (Å²) in [5.41, 5.74) is 0.688. The number of hydrogen-bond donors (Lipinski definition) is 3. The Morgan fingerprint density at radius 2 is 2.17 bits per heavy atom. The number of halogens is 1. The number of nitrogens with zero attached hydrogens (tertiary/aromatic N) is 2. The van der Waals surface area contributed by atoms with Gasteiger partial charge in [-0.1, -0.05) is 11.6 Å². The first kappa shape index (κ1) is 17.5. The number of hydrogen-bond acceptors (Lipinski definition) is 5. The van der Waals surface area contributed by atoms with E-state index in [2.05, 4.69) is 4.72 Å². The Morgan fingerprint density at radius 1 is 1.52 bits per heavy atom. The molecular formula is C13H14ClN3O5S. The van der Waals surface area contributed by atoms with Crippen molar-refractivity contribution in [1.82, 2.24) is 4.31 Å². The van der Waals surface area contributed by atoms with Gasteiger partial charge < -0.3 is 10.2 Å². The van der Waals surface area contributed by atoms with Crippen LogP contribution in [0.4, 0.5) is 5.69 Å². The van der Waals surface area contributed by atoms with Crippen molar-refractivity contribution in [3.8, 4) is 6.07 Å². The zero-order valence-corrected chi connectivity index (χ0v) is 13.6. The van der Waals surface area contributed by atoms with Gasteiger partial charge in [0.05, 0.1) is 22.4 Å². The topological polar surface area (TPSA) is 131 Å². The van der Waals surface area contributed by atoms with Crippen LogP contribution in [0.3, 0.4) is 0 Å². The molecule has 2 atom stereocenters. The normalized spacial score (nSPS) is 21.8. The lowest BCUT2D eigenvalue weighted by molar-refractivity contribution is -0.143. The molecule has 0 radical (unpaired) electrons. The lowest BCUT2D eigenvalue weighted by atomic mass is 10.1. The van der Waals surface area contributed by atoms with E-state index < -0.39 is 28.3 Å². The first-order chi connectivity index (χ1) is 10.7. The van der Waals surface area contributed by atoms with E-state index in [0.717, 1.165) is 0 Å². The molecule has 1 saturated heterocycles. The number of aliphatic hydroxyl groups is 1. The summed E-state index contributed by atoms with van der Waals surface area (Å²) in [7, 11) is -4.20. The molecule has 0 aromatic heterocycles. The minimum atomic E-state index is -4.20. The van der Waals surface area contributed by atoms with E-state index in [1.807, 2.05) is 6.07 Å². The third-order valence-corrected chi connectivity index (χ3v) is 5.62. The SMILES string of the molecule is Cc1c(NS(=O)(=O)N2CC[C@@H](O)[C@H]2C(=O)O)ccc(C#N)c1Cl. The van der Waals surface area contributed by atoms with Crippen LogP contribution in [-0.2, 0) is 15.0 Å². The average molecular weight is 360 g/mol. The first-order valence-electron chi connectivity index (χ1n) is 6.58. The minimum Gasteiger partial charge on any atom is -0.480 e. The number of nitriles is 1. The zero-order valence-electron chi connectivity index (χ0n) is 12.0. The fourth-order valence-electron chi connectivity index (χ4n) is 2.39. The van der Waals surface area contributed by atoms with Crippen molar-refractivity contribution in [2.75, 3.05) is 11.3 Å². The van der Waals surface area contributed by atoms with Gasteiger partial charge >= 0.3 is 16.2 Å². The average Bonchev–Trinajstić information content (AvgIpc) is 2.87. The van der Waals surface area contributed by atoms with Gasteiger partial charge in [0.25, 0.3) is 0 Å². The molecular weight excluding hydrogens is 346 g/mol. The highest BCUT2D eigenvalue weighted by Crippen LogP contribution is 2.29. The van der Waals surface area contributed by atoms with Crippen LogP contribution in [0.2, 0.25) is 5.02 Å². The van der Waals surface area contributed by atoms with Gasteiger partial charge in [0.1, 0.15) is 12.1 Å². The zero-order chi connectivity index (χ0) is 17.4. The standard InChI is InChI=1S/C13H14ClN3O5S/c1-7-9(3-2-8(6-15)11(7)14)16-23(21,22)17-5-4-10(18)12(17)13(19)20/h2-3,10,12,16,18H,4-5H2,1H3,(H,19,20)/t10-,12+/m1/s1. The number of aliphatic hydroxyl groups excluding tert-OH is 1. The lowest BCUT2D eigenvalue weighted by Crippen LogP contribution is -2.47. The summed E-state index contributed by atoms with van der Waals surface area (Å²) in [5.74, 6) is -1.42. The molecule has 1 aromatic carbocycles. The van der Waals surface area contributed by atoms with Crippen LogP contribution in [0.5, 0.6) is 0 Å². The fourth-order valence-corrected chi connectivity index (χ4v) is 4.08. The minimum absolute atomic E-state index is 0.0327. The van der Waals surface area contributed by atoms with Crippen molar-refractivity contribution >= 4 is 33.5 Å². The summed E-state index contributed by atoms with van der Waals surface area (Å²) in [6, 6.07) is 3.07. The molecule has 1 fully saturated rings. The number of anilines is 1. The molecule has 0 saturated carbocycles. The summed E-state index contributed by atoms with van der Waals surface area (Å²) in [6.45, 7) is 1.42. The summed E-state index contributed by atoms with van der Waals surface area (Å²) in [5, 5.41) is 27.8. The molecule has 0 spiro atoms. The van der Waals surface area contributed by atoms with Crippen molar-refractivity contribution in [2.24, 2.45) is 0 Å². The molecule has 23 heavy (non-hydrogen) atoms. The number of carboxylic acids is 1. The predicted octanol–water partition coefficient (Wildman–Crippen LogP) is 0.697. The monoisotopic (exact) mass is 359 g/mol. The number of carboxylic acid groups (broad SMARTS) is 1. The van der Waals surface area contributed by atoms with E-state index in [1.54, 1.807) is 0 Å². The quantitative estimate of drug-likeness (QED) is 0.725. The molecule has 1 heterocycles.